The molecule has 0 saturated heterocycles. The fourth-order valence-electron chi connectivity index (χ4n) is 2.07. The molecule has 0 aromatic heterocycles. The molecule has 1 aliphatic heterocycles. The van der Waals surface area contributed by atoms with Crippen LogP contribution in [0.4, 0.5) is 0 Å². The van der Waals surface area contributed by atoms with Crippen LogP contribution in [0.25, 0.3) is 0 Å². The third-order valence-corrected chi connectivity index (χ3v) is 2.94. The Bertz CT molecular complexity index is 401. The van der Waals surface area contributed by atoms with E-state index in [0.717, 1.165) is 23.3 Å². The van der Waals surface area contributed by atoms with Crippen LogP contribution in [-0.4, -0.2) is 26.0 Å². The molecule has 0 saturated carbocycles. The van der Waals surface area contributed by atoms with E-state index in [1.807, 2.05) is 32.2 Å². The quantitative estimate of drug-likeness (QED) is 0.783. The predicted molar refractivity (Wildman–Crippen MR) is 63.1 cm³/mol. The zero-order valence-electron chi connectivity index (χ0n) is 9.75. The standard InChI is InChI=1S/C13H17NO2/c1-9(8-14-2)12(15)11-5-3-4-10-6-7-16-13(10)11/h3-5,9,14H,6-8H2,1-2H3. The summed E-state index contributed by atoms with van der Waals surface area (Å²) in [6.45, 7) is 3.33. The van der Waals surface area contributed by atoms with Gasteiger partial charge in [-0.3, -0.25) is 4.79 Å². The van der Waals surface area contributed by atoms with Gasteiger partial charge in [0.2, 0.25) is 0 Å². The zero-order chi connectivity index (χ0) is 11.5. The Kier molecular flexibility index (Phi) is 3.25. The highest BCUT2D eigenvalue weighted by molar-refractivity contribution is 6.00. The maximum Gasteiger partial charge on any atom is 0.170 e. The molecule has 2 rings (SSSR count). The highest BCUT2D eigenvalue weighted by Gasteiger charge is 2.23. The topological polar surface area (TPSA) is 38.3 Å². The summed E-state index contributed by atoms with van der Waals surface area (Å²) in [5.74, 6) is 0.948. The molecule has 0 spiro atoms. The number of Topliss-reactive ketones (excluding diaryl/α,β-unsaturated/α-hetero) is 1. The number of ketones is 1. The van der Waals surface area contributed by atoms with Crippen molar-refractivity contribution in [3.05, 3.63) is 29.3 Å². The summed E-state index contributed by atoms with van der Waals surface area (Å²) in [6.07, 6.45) is 0.914. The monoisotopic (exact) mass is 219 g/mol. The van der Waals surface area contributed by atoms with Gasteiger partial charge in [-0.05, 0) is 18.7 Å². The molecule has 0 bridgehead atoms. The van der Waals surface area contributed by atoms with Crippen molar-refractivity contribution in [2.45, 2.75) is 13.3 Å². The van der Waals surface area contributed by atoms with Crippen LogP contribution in [0, 0.1) is 5.92 Å². The van der Waals surface area contributed by atoms with Gasteiger partial charge in [-0.2, -0.15) is 0 Å². The van der Waals surface area contributed by atoms with E-state index in [-0.39, 0.29) is 11.7 Å². The summed E-state index contributed by atoms with van der Waals surface area (Å²) in [4.78, 5) is 12.2. The molecule has 0 aliphatic carbocycles. The van der Waals surface area contributed by atoms with Crippen molar-refractivity contribution in [3.8, 4) is 5.75 Å². The molecule has 1 heterocycles. The average Bonchev–Trinajstić information content (AvgIpc) is 2.76. The lowest BCUT2D eigenvalue weighted by molar-refractivity contribution is 0.0927. The second kappa shape index (κ2) is 4.66. The van der Waals surface area contributed by atoms with E-state index in [1.54, 1.807) is 0 Å². The first kappa shape index (κ1) is 11.1. The Morgan fingerprint density at radius 1 is 1.56 bits per heavy atom. The van der Waals surface area contributed by atoms with Gasteiger partial charge in [0.25, 0.3) is 0 Å². The summed E-state index contributed by atoms with van der Waals surface area (Å²) in [5.41, 5.74) is 1.89. The van der Waals surface area contributed by atoms with E-state index in [9.17, 15) is 4.79 Å². The van der Waals surface area contributed by atoms with Gasteiger partial charge >= 0.3 is 0 Å². The molecule has 1 aromatic carbocycles. The first-order valence-corrected chi connectivity index (χ1v) is 5.67. The number of hydrogen-bond acceptors (Lipinski definition) is 3. The van der Waals surface area contributed by atoms with Gasteiger partial charge in [0.1, 0.15) is 5.75 Å². The molecule has 1 unspecified atom stereocenters. The first-order valence-electron chi connectivity index (χ1n) is 5.67. The van der Waals surface area contributed by atoms with Gasteiger partial charge in [-0.25, -0.2) is 0 Å². The highest BCUT2D eigenvalue weighted by atomic mass is 16.5. The van der Waals surface area contributed by atoms with Crippen molar-refractivity contribution in [1.82, 2.24) is 5.32 Å². The van der Waals surface area contributed by atoms with Crippen molar-refractivity contribution in [2.75, 3.05) is 20.2 Å². The number of rotatable bonds is 4. The van der Waals surface area contributed by atoms with Crippen LogP contribution in [0.3, 0.4) is 0 Å². The van der Waals surface area contributed by atoms with E-state index in [0.29, 0.717) is 13.2 Å². The molecule has 3 heteroatoms. The zero-order valence-corrected chi connectivity index (χ0v) is 9.75. The summed E-state index contributed by atoms with van der Waals surface area (Å²) in [7, 11) is 1.86. The minimum Gasteiger partial charge on any atom is -0.492 e. The molecule has 3 nitrogen and oxygen atoms in total. The summed E-state index contributed by atoms with van der Waals surface area (Å²) >= 11 is 0. The molecular formula is C13H17NO2. The molecule has 0 radical (unpaired) electrons. The van der Waals surface area contributed by atoms with Crippen molar-refractivity contribution >= 4 is 5.78 Å². The lowest BCUT2D eigenvalue weighted by atomic mass is 9.96. The van der Waals surface area contributed by atoms with Crippen LogP contribution >= 0.6 is 0 Å². The SMILES string of the molecule is CNCC(C)C(=O)c1cccc2c1OCC2. The lowest BCUT2D eigenvalue weighted by Crippen LogP contribution is -2.24. The maximum absolute atomic E-state index is 12.2. The summed E-state index contributed by atoms with van der Waals surface area (Å²) in [6, 6.07) is 5.83. The number of ether oxygens (including phenoxy) is 1. The molecule has 0 amide bonds. The second-order valence-electron chi connectivity index (χ2n) is 4.22. The van der Waals surface area contributed by atoms with Gasteiger partial charge in [-0.1, -0.05) is 19.1 Å². The second-order valence-corrected chi connectivity index (χ2v) is 4.22. The van der Waals surface area contributed by atoms with Gasteiger partial charge in [0.05, 0.1) is 12.2 Å². The predicted octanol–water partition coefficient (Wildman–Crippen LogP) is 1.66. The molecule has 1 atom stereocenters. The molecule has 1 aromatic rings. The molecule has 16 heavy (non-hydrogen) atoms. The number of nitrogens with one attached hydrogen (secondary N) is 1. The van der Waals surface area contributed by atoms with E-state index < -0.39 is 0 Å². The largest absolute Gasteiger partial charge is 0.492 e. The lowest BCUT2D eigenvalue weighted by Gasteiger charge is -2.12. The van der Waals surface area contributed by atoms with Crippen molar-refractivity contribution in [3.63, 3.8) is 0 Å². The van der Waals surface area contributed by atoms with Crippen LogP contribution in [0.2, 0.25) is 0 Å². The number of hydrogen-bond donors (Lipinski definition) is 1. The third-order valence-electron chi connectivity index (χ3n) is 2.94. The van der Waals surface area contributed by atoms with E-state index >= 15 is 0 Å². The molecule has 1 N–H and O–H groups in total. The fourth-order valence-corrected chi connectivity index (χ4v) is 2.07. The van der Waals surface area contributed by atoms with E-state index in [2.05, 4.69) is 5.32 Å². The van der Waals surface area contributed by atoms with Crippen LogP contribution in [0.5, 0.6) is 5.75 Å². The summed E-state index contributed by atoms with van der Waals surface area (Å²) < 4.78 is 5.54. The molecule has 1 aliphatic rings. The van der Waals surface area contributed by atoms with Crippen LogP contribution in [0.15, 0.2) is 18.2 Å². The van der Waals surface area contributed by atoms with Crippen molar-refractivity contribution in [2.24, 2.45) is 5.92 Å². The molecule has 0 fully saturated rings. The summed E-state index contributed by atoms with van der Waals surface area (Å²) in [5, 5.41) is 3.02. The Labute approximate surface area is 95.8 Å². The van der Waals surface area contributed by atoms with E-state index in [4.69, 9.17) is 4.74 Å². The number of para-hydroxylation sites is 1. The maximum atomic E-state index is 12.2. The fraction of sp³-hybridized carbons (Fsp3) is 0.462. The van der Waals surface area contributed by atoms with Gasteiger partial charge in [-0.15, -0.1) is 0 Å². The van der Waals surface area contributed by atoms with Crippen molar-refractivity contribution < 1.29 is 9.53 Å². The van der Waals surface area contributed by atoms with Crippen LogP contribution in [0.1, 0.15) is 22.8 Å². The highest BCUT2D eigenvalue weighted by Crippen LogP contribution is 2.30. The Morgan fingerprint density at radius 2 is 2.38 bits per heavy atom. The Hall–Kier alpha value is -1.35. The normalized spacial score (nSPS) is 15.4. The molecular weight excluding hydrogens is 202 g/mol. The first-order chi connectivity index (χ1) is 7.74. The number of carbonyl (C=O) groups excluding carboxylic acids is 1. The number of fused-ring (bicyclic) bond motifs is 1. The van der Waals surface area contributed by atoms with Crippen LogP contribution < -0.4 is 10.1 Å². The van der Waals surface area contributed by atoms with Crippen LogP contribution in [-0.2, 0) is 6.42 Å². The minimum atomic E-state index is -0.0132. The van der Waals surface area contributed by atoms with E-state index in [1.165, 1.54) is 0 Å². The minimum absolute atomic E-state index is 0.0132. The Balaban J connectivity index is 2.27. The molecule has 86 valence electrons. The third kappa shape index (κ3) is 1.95. The van der Waals surface area contributed by atoms with Gasteiger partial charge < -0.3 is 10.1 Å². The Morgan fingerprint density at radius 3 is 3.12 bits per heavy atom. The smallest absolute Gasteiger partial charge is 0.170 e. The average molecular weight is 219 g/mol. The van der Waals surface area contributed by atoms with Gasteiger partial charge in [0.15, 0.2) is 5.78 Å². The van der Waals surface area contributed by atoms with Gasteiger partial charge in [0, 0.05) is 18.9 Å². The number of carbonyl (C=O) groups is 1. The van der Waals surface area contributed by atoms with Crippen molar-refractivity contribution in [1.29, 1.82) is 0 Å². The number of benzene rings is 1.